The van der Waals surface area contributed by atoms with Gasteiger partial charge in [0, 0.05) is 44.5 Å². The van der Waals surface area contributed by atoms with Crippen LogP contribution in [0.2, 0.25) is 0 Å². The molecule has 3 rings (SSSR count). The van der Waals surface area contributed by atoms with Crippen LogP contribution in [0, 0.1) is 5.92 Å². The molecule has 0 aromatic heterocycles. The largest absolute Gasteiger partial charge is 0.371 e. The number of rotatable bonds is 6. The van der Waals surface area contributed by atoms with E-state index in [1.165, 1.54) is 44.5 Å². The van der Waals surface area contributed by atoms with Gasteiger partial charge in [0.15, 0.2) is 5.96 Å². The van der Waals surface area contributed by atoms with Gasteiger partial charge in [0.2, 0.25) is 0 Å². The fraction of sp³-hybridized carbons (Fsp3) is 0.682. The van der Waals surface area contributed by atoms with Crippen LogP contribution in [0.1, 0.15) is 39.5 Å². The first-order chi connectivity index (χ1) is 13.1. The molecule has 2 heterocycles. The Balaban J connectivity index is 1.42. The van der Waals surface area contributed by atoms with Gasteiger partial charge in [-0.25, -0.2) is 0 Å². The van der Waals surface area contributed by atoms with E-state index in [4.69, 9.17) is 0 Å². The predicted octanol–water partition coefficient (Wildman–Crippen LogP) is 2.94. The maximum absolute atomic E-state index is 4.44. The summed E-state index contributed by atoms with van der Waals surface area (Å²) >= 11 is 0. The van der Waals surface area contributed by atoms with Crippen molar-refractivity contribution < 1.29 is 0 Å². The SMILES string of the molecule is CN=C(NCC1CCN(c2ccccc2)C1)NCC(C)(C)N1CCCCC1. The highest BCUT2D eigenvalue weighted by Gasteiger charge is 2.28. The van der Waals surface area contributed by atoms with Gasteiger partial charge in [0.1, 0.15) is 0 Å². The summed E-state index contributed by atoms with van der Waals surface area (Å²) in [6, 6.07) is 10.7. The van der Waals surface area contributed by atoms with Crippen molar-refractivity contribution in [3.8, 4) is 0 Å². The zero-order chi connectivity index (χ0) is 19.1. The minimum absolute atomic E-state index is 0.162. The van der Waals surface area contributed by atoms with Gasteiger partial charge < -0.3 is 15.5 Å². The number of nitrogens with one attached hydrogen (secondary N) is 2. The third-order valence-electron chi connectivity index (χ3n) is 6.09. The normalized spacial score (nSPS) is 22.1. The van der Waals surface area contributed by atoms with Crippen LogP contribution in [0.5, 0.6) is 0 Å². The van der Waals surface area contributed by atoms with E-state index in [0.29, 0.717) is 5.92 Å². The number of aliphatic imine (C=N–C) groups is 1. The molecule has 1 unspecified atom stereocenters. The van der Waals surface area contributed by atoms with E-state index >= 15 is 0 Å². The molecule has 0 amide bonds. The number of hydrogen-bond acceptors (Lipinski definition) is 3. The van der Waals surface area contributed by atoms with Crippen molar-refractivity contribution in [2.45, 2.75) is 45.1 Å². The van der Waals surface area contributed by atoms with E-state index < -0.39 is 0 Å². The highest BCUT2D eigenvalue weighted by molar-refractivity contribution is 5.79. The van der Waals surface area contributed by atoms with Crippen molar-refractivity contribution in [3.05, 3.63) is 30.3 Å². The summed E-state index contributed by atoms with van der Waals surface area (Å²) in [6.07, 6.45) is 5.27. The minimum atomic E-state index is 0.162. The summed E-state index contributed by atoms with van der Waals surface area (Å²) in [5.74, 6) is 1.59. The van der Waals surface area contributed by atoms with Gasteiger partial charge in [0.05, 0.1) is 0 Å². The number of likely N-dealkylation sites (tertiary alicyclic amines) is 1. The second-order valence-corrected chi connectivity index (χ2v) is 8.60. The third-order valence-corrected chi connectivity index (χ3v) is 6.09. The van der Waals surface area contributed by atoms with E-state index in [0.717, 1.165) is 32.1 Å². The van der Waals surface area contributed by atoms with E-state index in [9.17, 15) is 0 Å². The maximum Gasteiger partial charge on any atom is 0.191 e. The molecule has 1 atom stereocenters. The molecule has 2 aliphatic heterocycles. The number of anilines is 1. The number of nitrogens with zero attached hydrogens (tertiary/aromatic N) is 3. The lowest BCUT2D eigenvalue weighted by atomic mass is 9.98. The van der Waals surface area contributed by atoms with Crippen LogP contribution in [0.4, 0.5) is 5.69 Å². The molecule has 5 nitrogen and oxygen atoms in total. The van der Waals surface area contributed by atoms with Crippen LogP contribution >= 0.6 is 0 Å². The van der Waals surface area contributed by atoms with Crippen LogP contribution in [-0.4, -0.2) is 62.7 Å². The number of piperidine rings is 1. The molecule has 0 saturated carbocycles. The lowest BCUT2D eigenvalue weighted by Gasteiger charge is -2.41. The molecule has 2 aliphatic rings. The lowest BCUT2D eigenvalue weighted by Crippen LogP contribution is -2.55. The summed E-state index contributed by atoms with van der Waals surface area (Å²) in [6.45, 7) is 11.3. The van der Waals surface area contributed by atoms with Crippen LogP contribution in [0.3, 0.4) is 0 Å². The molecular formula is C22H37N5. The van der Waals surface area contributed by atoms with Crippen molar-refractivity contribution in [3.63, 3.8) is 0 Å². The first-order valence-electron chi connectivity index (χ1n) is 10.6. The first kappa shape index (κ1) is 20.0. The van der Waals surface area contributed by atoms with Crippen molar-refractivity contribution >= 4 is 11.6 Å². The van der Waals surface area contributed by atoms with Gasteiger partial charge in [-0.15, -0.1) is 0 Å². The van der Waals surface area contributed by atoms with Gasteiger partial charge in [-0.2, -0.15) is 0 Å². The van der Waals surface area contributed by atoms with Crippen molar-refractivity contribution in [1.29, 1.82) is 0 Å². The van der Waals surface area contributed by atoms with Gasteiger partial charge in [-0.3, -0.25) is 9.89 Å². The molecule has 0 radical (unpaired) electrons. The van der Waals surface area contributed by atoms with E-state index in [1.807, 2.05) is 7.05 Å². The summed E-state index contributed by atoms with van der Waals surface area (Å²) in [5.41, 5.74) is 1.50. The van der Waals surface area contributed by atoms with E-state index in [-0.39, 0.29) is 5.54 Å². The van der Waals surface area contributed by atoms with E-state index in [2.05, 4.69) is 69.6 Å². The van der Waals surface area contributed by atoms with Crippen molar-refractivity contribution in [2.24, 2.45) is 10.9 Å². The molecule has 0 aliphatic carbocycles. The molecule has 2 fully saturated rings. The summed E-state index contributed by atoms with van der Waals surface area (Å²) in [7, 11) is 1.87. The number of para-hydroxylation sites is 1. The fourth-order valence-corrected chi connectivity index (χ4v) is 4.25. The monoisotopic (exact) mass is 371 g/mol. The topological polar surface area (TPSA) is 42.9 Å². The molecule has 1 aromatic carbocycles. The van der Waals surface area contributed by atoms with Crippen LogP contribution < -0.4 is 15.5 Å². The Bertz CT molecular complexity index is 592. The van der Waals surface area contributed by atoms with Crippen LogP contribution in [0.15, 0.2) is 35.3 Å². The molecule has 0 spiro atoms. The van der Waals surface area contributed by atoms with Gasteiger partial charge in [-0.05, 0) is 64.3 Å². The zero-order valence-electron chi connectivity index (χ0n) is 17.4. The van der Waals surface area contributed by atoms with Gasteiger partial charge >= 0.3 is 0 Å². The Kier molecular flexibility index (Phi) is 7.00. The Morgan fingerprint density at radius 1 is 1.07 bits per heavy atom. The Hall–Kier alpha value is -1.75. The standard InChI is InChI=1S/C22H37N5/c1-22(2,27-13-8-5-9-14-27)18-25-21(23-3)24-16-19-12-15-26(17-19)20-10-6-4-7-11-20/h4,6-7,10-11,19H,5,8-9,12-18H2,1-3H3,(H2,23,24,25). The quantitative estimate of drug-likeness (QED) is 0.596. The second kappa shape index (κ2) is 9.45. The Morgan fingerprint density at radius 2 is 1.81 bits per heavy atom. The molecule has 0 bridgehead atoms. The molecule has 2 saturated heterocycles. The molecule has 1 aromatic rings. The maximum atomic E-state index is 4.44. The van der Waals surface area contributed by atoms with E-state index in [1.54, 1.807) is 0 Å². The fourth-order valence-electron chi connectivity index (χ4n) is 4.25. The van der Waals surface area contributed by atoms with Crippen molar-refractivity contribution in [2.75, 3.05) is 51.2 Å². The highest BCUT2D eigenvalue weighted by Crippen LogP contribution is 2.23. The molecule has 2 N–H and O–H groups in total. The molecule has 150 valence electrons. The smallest absolute Gasteiger partial charge is 0.191 e. The molecular weight excluding hydrogens is 334 g/mol. The third kappa shape index (κ3) is 5.61. The average molecular weight is 372 g/mol. The van der Waals surface area contributed by atoms with Crippen LogP contribution in [-0.2, 0) is 0 Å². The van der Waals surface area contributed by atoms with Crippen LogP contribution in [0.25, 0.3) is 0 Å². The minimum Gasteiger partial charge on any atom is -0.371 e. The number of hydrogen-bond donors (Lipinski definition) is 2. The molecule has 27 heavy (non-hydrogen) atoms. The summed E-state index contributed by atoms with van der Waals surface area (Å²) in [5, 5.41) is 7.11. The lowest BCUT2D eigenvalue weighted by molar-refractivity contribution is 0.0982. The zero-order valence-corrected chi connectivity index (χ0v) is 17.4. The Morgan fingerprint density at radius 3 is 2.52 bits per heavy atom. The second-order valence-electron chi connectivity index (χ2n) is 8.60. The predicted molar refractivity (Wildman–Crippen MR) is 116 cm³/mol. The molecule has 5 heteroatoms. The summed E-state index contributed by atoms with van der Waals surface area (Å²) < 4.78 is 0. The number of guanidine groups is 1. The van der Waals surface area contributed by atoms with Gasteiger partial charge in [0.25, 0.3) is 0 Å². The summed E-state index contributed by atoms with van der Waals surface area (Å²) in [4.78, 5) is 9.54. The first-order valence-corrected chi connectivity index (χ1v) is 10.6. The van der Waals surface area contributed by atoms with Gasteiger partial charge in [-0.1, -0.05) is 24.6 Å². The number of benzene rings is 1. The Labute approximate surface area is 165 Å². The average Bonchev–Trinajstić information content (AvgIpc) is 3.18. The van der Waals surface area contributed by atoms with Crippen molar-refractivity contribution in [1.82, 2.24) is 15.5 Å². The highest BCUT2D eigenvalue weighted by atomic mass is 15.2.